The number of amides is 1. The molecule has 0 aliphatic carbocycles. The summed E-state index contributed by atoms with van der Waals surface area (Å²) in [5.74, 6) is -0.416. The largest absolute Gasteiger partial charge is 0.321 e. The summed E-state index contributed by atoms with van der Waals surface area (Å²) in [4.78, 5) is 12.7. The molecule has 0 aliphatic heterocycles. The lowest BCUT2D eigenvalue weighted by atomic mass is 10.1. The molecule has 0 aliphatic rings. The number of rotatable bonds is 5. The minimum Gasteiger partial charge on any atom is -0.321 e. The molecular weight excluding hydrogens is 382 g/mol. The molecule has 0 saturated heterocycles. The quantitative estimate of drug-likeness (QED) is 0.428. The van der Waals surface area contributed by atoms with Gasteiger partial charge in [-0.25, -0.2) is 0 Å². The molecule has 0 saturated carbocycles. The molecule has 0 spiro atoms. The van der Waals surface area contributed by atoms with Gasteiger partial charge in [-0.05, 0) is 67.8 Å². The zero-order valence-electron chi connectivity index (χ0n) is 16.7. The number of para-hydroxylation sites is 1. The number of aromatic nitrogens is 1. The Hall–Kier alpha value is -3.29. The molecule has 0 unspecified atom stereocenters. The summed E-state index contributed by atoms with van der Waals surface area (Å²) >= 11 is 6.14. The van der Waals surface area contributed by atoms with Crippen LogP contribution in [0.4, 0.5) is 5.69 Å². The highest BCUT2D eigenvalue weighted by molar-refractivity contribution is 6.30. The van der Waals surface area contributed by atoms with Crippen LogP contribution in [0.2, 0.25) is 5.02 Å². The van der Waals surface area contributed by atoms with E-state index in [0.717, 1.165) is 40.3 Å². The highest BCUT2D eigenvalue weighted by Crippen LogP contribution is 2.25. The van der Waals surface area contributed by atoms with Gasteiger partial charge in [-0.15, -0.1) is 0 Å². The third kappa shape index (κ3) is 4.42. The van der Waals surface area contributed by atoms with E-state index in [1.165, 1.54) is 0 Å². The van der Waals surface area contributed by atoms with Crippen molar-refractivity contribution in [3.63, 3.8) is 0 Å². The predicted octanol–water partition coefficient (Wildman–Crippen LogP) is 5.86. The number of carbonyl (C=O) groups excluding carboxylic acids is 1. The van der Waals surface area contributed by atoms with Crippen molar-refractivity contribution >= 4 is 29.3 Å². The van der Waals surface area contributed by atoms with Crippen molar-refractivity contribution in [2.75, 3.05) is 5.32 Å². The van der Waals surface area contributed by atoms with Crippen LogP contribution >= 0.6 is 11.6 Å². The number of hydrogen-bond donors (Lipinski definition) is 1. The molecule has 3 rings (SSSR count). The van der Waals surface area contributed by atoms with Crippen LogP contribution in [-0.2, 0) is 11.2 Å². The Bertz CT molecular complexity index is 1140. The van der Waals surface area contributed by atoms with E-state index < -0.39 is 5.91 Å². The van der Waals surface area contributed by atoms with E-state index in [1.807, 2.05) is 81.4 Å². The van der Waals surface area contributed by atoms with E-state index in [2.05, 4.69) is 9.88 Å². The van der Waals surface area contributed by atoms with Crippen LogP contribution in [0.25, 0.3) is 11.8 Å². The maximum Gasteiger partial charge on any atom is 0.266 e. The van der Waals surface area contributed by atoms with Gasteiger partial charge in [-0.3, -0.25) is 4.79 Å². The van der Waals surface area contributed by atoms with Crippen molar-refractivity contribution in [2.45, 2.75) is 27.2 Å². The number of aryl methyl sites for hydroxylation is 2. The van der Waals surface area contributed by atoms with Crippen molar-refractivity contribution in [3.05, 3.63) is 87.7 Å². The van der Waals surface area contributed by atoms with Gasteiger partial charge in [-0.2, -0.15) is 5.26 Å². The Morgan fingerprint density at radius 2 is 1.93 bits per heavy atom. The molecule has 4 nitrogen and oxygen atoms in total. The van der Waals surface area contributed by atoms with Gasteiger partial charge in [0.15, 0.2) is 0 Å². The Morgan fingerprint density at radius 3 is 2.62 bits per heavy atom. The maximum absolute atomic E-state index is 12.7. The zero-order chi connectivity index (χ0) is 21.0. The summed E-state index contributed by atoms with van der Waals surface area (Å²) in [7, 11) is 0. The summed E-state index contributed by atoms with van der Waals surface area (Å²) in [5, 5.41) is 13.1. The molecular formula is C24H22ClN3O. The van der Waals surface area contributed by atoms with Crippen LogP contribution in [0.3, 0.4) is 0 Å². The molecule has 3 aromatic rings. The van der Waals surface area contributed by atoms with Gasteiger partial charge in [-0.1, -0.05) is 42.8 Å². The van der Waals surface area contributed by atoms with Gasteiger partial charge in [0, 0.05) is 27.8 Å². The fourth-order valence-corrected chi connectivity index (χ4v) is 3.58. The van der Waals surface area contributed by atoms with Crippen LogP contribution in [0, 0.1) is 25.2 Å². The van der Waals surface area contributed by atoms with E-state index in [4.69, 9.17) is 11.6 Å². The van der Waals surface area contributed by atoms with E-state index >= 15 is 0 Å². The van der Waals surface area contributed by atoms with Crippen molar-refractivity contribution in [1.29, 1.82) is 5.26 Å². The van der Waals surface area contributed by atoms with Gasteiger partial charge in [0.2, 0.25) is 0 Å². The molecule has 146 valence electrons. The van der Waals surface area contributed by atoms with Gasteiger partial charge in [0.1, 0.15) is 11.6 Å². The molecule has 1 aromatic heterocycles. The fourth-order valence-electron chi connectivity index (χ4n) is 3.39. The third-order valence-electron chi connectivity index (χ3n) is 4.85. The number of benzene rings is 2. The number of nitrogens with one attached hydrogen (secondary N) is 1. The standard InChI is InChI=1S/C24H22ClN3O/c1-4-18-8-5-6-11-23(18)27-24(29)20(15-26)13-19-12-16(2)28(17(19)3)22-10-7-9-21(25)14-22/h5-14H,4H2,1-3H3,(H,27,29)/b20-13-. The van der Waals surface area contributed by atoms with Crippen LogP contribution in [0.5, 0.6) is 0 Å². The minimum atomic E-state index is -0.416. The lowest BCUT2D eigenvalue weighted by Crippen LogP contribution is -2.14. The molecule has 1 N–H and O–H groups in total. The maximum atomic E-state index is 12.7. The van der Waals surface area contributed by atoms with Crippen LogP contribution in [-0.4, -0.2) is 10.5 Å². The van der Waals surface area contributed by atoms with E-state index in [0.29, 0.717) is 5.02 Å². The monoisotopic (exact) mass is 403 g/mol. The molecule has 2 aromatic carbocycles. The van der Waals surface area contributed by atoms with Crippen molar-refractivity contribution in [2.24, 2.45) is 0 Å². The molecule has 1 heterocycles. The van der Waals surface area contributed by atoms with Crippen LogP contribution in [0.15, 0.2) is 60.2 Å². The average molecular weight is 404 g/mol. The molecule has 0 bridgehead atoms. The number of nitrogens with zero attached hydrogens (tertiary/aromatic N) is 2. The van der Waals surface area contributed by atoms with E-state index in [9.17, 15) is 10.1 Å². The average Bonchev–Trinajstić information content (AvgIpc) is 2.99. The van der Waals surface area contributed by atoms with Gasteiger partial charge in [0.05, 0.1) is 0 Å². The smallest absolute Gasteiger partial charge is 0.266 e. The number of carbonyl (C=O) groups is 1. The fraction of sp³-hybridized carbons (Fsp3) is 0.167. The SMILES string of the molecule is CCc1ccccc1NC(=O)/C(C#N)=C\c1cc(C)n(-c2cccc(Cl)c2)c1C. The first kappa shape index (κ1) is 20.4. The Labute approximate surface area is 176 Å². The van der Waals surface area contributed by atoms with Crippen molar-refractivity contribution < 1.29 is 4.79 Å². The molecule has 1 amide bonds. The summed E-state index contributed by atoms with van der Waals surface area (Å²) in [5.41, 5.74) is 5.49. The zero-order valence-corrected chi connectivity index (χ0v) is 17.4. The Morgan fingerprint density at radius 1 is 1.17 bits per heavy atom. The van der Waals surface area contributed by atoms with Crippen molar-refractivity contribution in [3.8, 4) is 11.8 Å². The van der Waals surface area contributed by atoms with E-state index in [-0.39, 0.29) is 5.57 Å². The normalized spacial score (nSPS) is 11.2. The van der Waals surface area contributed by atoms with Gasteiger partial charge < -0.3 is 9.88 Å². The highest BCUT2D eigenvalue weighted by Gasteiger charge is 2.15. The summed E-state index contributed by atoms with van der Waals surface area (Å²) < 4.78 is 2.05. The Kier molecular flexibility index (Phi) is 6.21. The molecule has 0 radical (unpaired) electrons. The van der Waals surface area contributed by atoms with Crippen molar-refractivity contribution in [1.82, 2.24) is 4.57 Å². The van der Waals surface area contributed by atoms with Crippen LogP contribution in [0.1, 0.15) is 29.4 Å². The molecule has 5 heteroatoms. The highest BCUT2D eigenvalue weighted by atomic mass is 35.5. The summed E-state index contributed by atoms with van der Waals surface area (Å²) in [6.45, 7) is 5.96. The minimum absolute atomic E-state index is 0.0576. The first-order valence-corrected chi connectivity index (χ1v) is 9.78. The lowest BCUT2D eigenvalue weighted by Gasteiger charge is -2.10. The lowest BCUT2D eigenvalue weighted by molar-refractivity contribution is -0.112. The summed E-state index contributed by atoms with van der Waals surface area (Å²) in [6, 6.07) is 19.2. The first-order valence-electron chi connectivity index (χ1n) is 9.40. The second-order valence-corrected chi connectivity index (χ2v) is 7.21. The van der Waals surface area contributed by atoms with Gasteiger partial charge >= 0.3 is 0 Å². The third-order valence-corrected chi connectivity index (χ3v) is 5.08. The number of halogens is 1. The second-order valence-electron chi connectivity index (χ2n) is 6.78. The summed E-state index contributed by atoms with van der Waals surface area (Å²) in [6.07, 6.45) is 2.43. The van der Waals surface area contributed by atoms with Gasteiger partial charge in [0.25, 0.3) is 5.91 Å². The topological polar surface area (TPSA) is 57.8 Å². The Balaban J connectivity index is 1.95. The first-order chi connectivity index (χ1) is 13.9. The molecule has 0 atom stereocenters. The van der Waals surface area contributed by atoms with Crippen LogP contribution < -0.4 is 5.32 Å². The second kappa shape index (κ2) is 8.81. The predicted molar refractivity (Wildman–Crippen MR) is 118 cm³/mol. The molecule has 0 fully saturated rings. The number of anilines is 1. The van der Waals surface area contributed by atoms with E-state index in [1.54, 1.807) is 6.08 Å². The molecule has 29 heavy (non-hydrogen) atoms. The number of hydrogen-bond acceptors (Lipinski definition) is 2. The number of nitriles is 1.